The summed E-state index contributed by atoms with van der Waals surface area (Å²) in [6, 6.07) is 6.77. The molecule has 1 saturated heterocycles. The summed E-state index contributed by atoms with van der Waals surface area (Å²) < 4.78 is 15.4. The standard InChI is InChI=1S/C22H25FN6/c1-14-8-15(2)29-22(25-14)17(11-24-29)13-28-7-3-4-16(12-28)9-21-26-19-6-5-18(23)10-20(19)27-21/h5-6,8,10-11,16H,3-4,7,9,12-13H2,1-2H3,(H,26,27). The van der Waals surface area contributed by atoms with E-state index in [-0.39, 0.29) is 5.82 Å². The van der Waals surface area contributed by atoms with Crippen LogP contribution in [0.2, 0.25) is 0 Å². The van der Waals surface area contributed by atoms with E-state index < -0.39 is 0 Å². The minimum atomic E-state index is -0.232. The quantitative estimate of drug-likeness (QED) is 0.574. The molecular weight excluding hydrogens is 367 g/mol. The molecule has 0 bridgehead atoms. The second-order valence-electron chi connectivity index (χ2n) is 8.24. The van der Waals surface area contributed by atoms with E-state index in [9.17, 15) is 4.39 Å². The first-order chi connectivity index (χ1) is 14.0. The monoisotopic (exact) mass is 392 g/mol. The van der Waals surface area contributed by atoms with Crippen LogP contribution in [0.4, 0.5) is 4.39 Å². The van der Waals surface area contributed by atoms with Crippen molar-refractivity contribution in [2.24, 2.45) is 5.92 Å². The molecule has 4 aromatic rings. The van der Waals surface area contributed by atoms with Gasteiger partial charge in [-0.1, -0.05) is 0 Å². The fourth-order valence-corrected chi connectivity index (χ4v) is 4.53. The number of imidazole rings is 1. The average Bonchev–Trinajstić information content (AvgIpc) is 3.25. The Morgan fingerprint density at radius 2 is 2.10 bits per heavy atom. The number of likely N-dealkylation sites (tertiary alicyclic amines) is 1. The molecule has 6 nitrogen and oxygen atoms in total. The van der Waals surface area contributed by atoms with Crippen molar-refractivity contribution >= 4 is 16.7 Å². The minimum Gasteiger partial charge on any atom is -0.342 e. The third-order valence-electron chi connectivity index (χ3n) is 5.82. The van der Waals surface area contributed by atoms with Gasteiger partial charge in [0.25, 0.3) is 0 Å². The number of aryl methyl sites for hydroxylation is 2. The van der Waals surface area contributed by atoms with E-state index in [2.05, 4.69) is 33.0 Å². The van der Waals surface area contributed by atoms with Crippen LogP contribution < -0.4 is 0 Å². The Balaban J connectivity index is 1.30. The Morgan fingerprint density at radius 1 is 1.21 bits per heavy atom. The number of hydrogen-bond donors (Lipinski definition) is 1. The molecule has 1 aliphatic rings. The van der Waals surface area contributed by atoms with Gasteiger partial charge in [-0.2, -0.15) is 5.10 Å². The molecule has 0 spiro atoms. The molecule has 0 saturated carbocycles. The lowest BCUT2D eigenvalue weighted by Crippen LogP contribution is -2.35. The van der Waals surface area contributed by atoms with E-state index in [1.807, 2.05) is 17.6 Å². The second kappa shape index (κ2) is 7.22. The number of benzene rings is 1. The lowest BCUT2D eigenvalue weighted by atomic mass is 9.94. The normalized spacial score (nSPS) is 18.1. The van der Waals surface area contributed by atoms with Gasteiger partial charge in [0, 0.05) is 36.5 Å². The first-order valence-electron chi connectivity index (χ1n) is 10.2. The van der Waals surface area contributed by atoms with E-state index >= 15 is 0 Å². The predicted molar refractivity (Wildman–Crippen MR) is 110 cm³/mol. The van der Waals surface area contributed by atoms with Crippen LogP contribution in [-0.4, -0.2) is 42.6 Å². The number of halogens is 1. The molecule has 4 heterocycles. The summed E-state index contributed by atoms with van der Waals surface area (Å²) in [5.41, 5.74) is 5.87. The van der Waals surface area contributed by atoms with Crippen LogP contribution in [-0.2, 0) is 13.0 Å². The van der Waals surface area contributed by atoms with Gasteiger partial charge in [0.05, 0.1) is 17.2 Å². The van der Waals surface area contributed by atoms with Crippen LogP contribution in [0.15, 0.2) is 30.5 Å². The lowest BCUT2D eigenvalue weighted by molar-refractivity contribution is 0.166. The summed E-state index contributed by atoms with van der Waals surface area (Å²) in [6.45, 7) is 7.06. The SMILES string of the molecule is Cc1cc(C)n2ncc(CN3CCCC(Cc4nc5ccc(F)cc5[nH]4)C3)c2n1. The third-order valence-corrected chi connectivity index (χ3v) is 5.82. The van der Waals surface area contributed by atoms with Crippen LogP contribution >= 0.6 is 0 Å². The van der Waals surface area contributed by atoms with Crippen molar-refractivity contribution in [2.75, 3.05) is 13.1 Å². The van der Waals surface area contributed by atoms with E-state index in [1.165, 1.54) is 30.5 Å². The lowest BCUT2D eigenvalue weighted by Gasteiger charge is -2.32. The highest BCUT2D eigenvalue weighted by atomic mass is 19.1. The number of rotatable bonds is 4. The fourth-order valence-electron chi connectivity index (χ4n) is 4.53. The van der Waals surface area contributed by atoms with Crippen LogP contribution in [0, 0.1) is 25.6 Å². The molecule has 29 heavy (non-hydrogen) atoms. The number of aromatic amines is 1. The molecule has 1 aliphatic heterocycles. The molecule has 1 fully saturated rings. The molecule has 0 radical (unpaired) electrons. The summed E-state index contributed by atoms with van der Waals surface area (Å²) in [4.78, 5) is 15.1. The zero-order chi connectivity index (χ0) is 20.0. The number of hydrogen-bond acceptors (Lipinski definition) is 4. The Morgan fingerprint density at radius 3 is 3.00 bits per heavy atom. The van der Waals surface area contributed by atoms with Gasteiger partial charge in [0.1, 0.15) is 11.6 Å². The molecule has 0 aliphatic carbocycles. The summed E-state index contributed by atoms with van der Waals surface area (Å²) >= 11 is 0. The Hall–Kier alpha value is -2.80. The molecule has 1 atom stereocenters. The third kappa shape index (κ3) is 3.62. The van der Waals surface area contributed by atoms with Gasteiger partial charge in [-0.05, 0) is 63.4 Å². The van der Waals surface area contributed by atoms with Gasteiger partial charge in [0.15, 0.2) is 5.65 Å². The number of nitrogens with one attached hydrogen (secondary N) is 1. The number of nitrogens with zero attached hydrogens (tertiary/aromatic N) is 5. The highest BCUT2D eigenvalue weighted by Crippen LogP contribution is 2.24. The van der Waals surface area contributed by atoms with Crippen LogP contribution in [0.1, 0.15) is 35.6 Å². The molecule has 7 heteroatoms. The van der Waals surface area contributed by atoms with Crippen molar-refractivity contribution in [1.29, 1.82) is 0 Å². The summed E-state index contributed by atoms with van der Waals surface area (Å²) in [5.74, 6) is 1.25. The fraction of sp³-hybridized carbons (Fsp3) is 0.409. The molecule has 0 amide bonds. The number of H-pyrrole nitrogens is 1. The van der Waals surface area contributed by atoms with Crippen molar-refractivity contribution in [1.82, 2.24) is 29.5 Å². The summed E-state index contributed by atoms with van der Waals surface area (Å²) in [7, 11) is 0. The highest BCUT2D eigenvalue weighted by molar-refractivity contribution is 5.74. The van der Waals surface area contributed by atoms with Gasteiger partial charge >= 0.3 is 0 Å². The zero-order valence-corrected chi connectivity index (χ0v) is 16.8. The largest absolute Gasteiger partial charge is 0.342 e. The Bertz CT molecular complexity index is 1180. The molecule has 3 aromatic heterocycles. The van der Waals surface area contributed by atoms with Crippen molar-refractivity contribution in [3.63, 3.8) is 0 Å². The minimum absolute atomic E-state index is 0.232. The second-order valence-corrected chi connectivity index (χ2v) is 8.24. The molecule has 1 aromatic carbocycles. The Kier molecular flexibility index (Phi) is 4.54. The van der Waals surface area contributed by atoms with Crippen LogP contribution in [0.25, 0.3) is 16.7 Å². The molecule has 1 unspecified atom stereocenters. The first-order valence-corrected chi connectivity index (χ1v) is 10.2. The van der Waals surface area contributed by atoms with Crippen molar-refractivity contribution < 1.29 is 4.39 Å². The van der Waals surface area contributed by atoms with Gasteiger partial charge in [-0.3, -0.25) is 4.90 Å². The summed E-state index contributed by atoms with van der Waals surface area (Å²) in [6.07, 6.45) is 5.20. The zero-order valence-electron chi connectivity index (χ0n) is 16.8. The van der Waals surface area contributed by atoms with Crippen molar-refractivity contribution in [2.45, 2.75) is 39.7 Å². The maximum atomic E-state index is 13.4. The first kappa shape index (κ1) is 18.2. The van der Waals surface area contributed by atoms with Crippen LogP contribution in [0.5, 0.6) is 0 Å². The topological polar surface area (TPSA) is 62.1 Å². The smallest absolute Gasteiger partial charge is 0.159 e. The predicted octanol–water partition coefficient (Wildman–Crippen LogP) is 3.82. The average molecular weight is 392 g/mol. The van der Waals surface area contributed by atoms with Gasteiger partial charge in [-0.15, -0.1) is 0 Å². The van der Waals surface area contributed by atoms with Crippen LogP contribution in [0.3, 0.4) is 0 Å². The summed E-state index contributed by atoms with van der Waals surface area (Å²) in [5, 5.41) is 4.52. The van der Waals surface area contributed by atoms with Gasteiger partial charge in [0.2, 0.25) is 0 Å². The van der Waals surface area contributed by atoms with E-state index in [4.69, 9.17) is 4.98 Å². The maximum Gasteiger partial charge on any atom is 0.159 e. The van der Waals surface area contributed by atoms with Crippen molar-refractivity contribution in [3.8, 4) is 0 Å². The molecule has 5 rings (SSSR count). The number of aromatic nitrogens is 5. The number of piperidine rings is 1. The van der Waals surface area contributed by atoms with E-state index in [1.54, 1.807) is 6.07 Å². The maximum absolute atomic E-state index is 13.4. The molecular formula is C22H25FN6. The molecule has 150 valence electrons. The molecule has 1 N–H and O–H groups in total. The van der Waals surface area contributed by atoms with E-state index in [0.29, 0.717) is 5.92 Å². The number of fused-ring (bicyclic) bond motifs is 2. The van der Waals surface area contributed by atoms with E-state index in [0.717, 1.165) is 59.9 Å². The van der Waals surface area contributed by atoms with Gasteiger partial charge in [-0.25, -0.2) is 18.9 Å². The van der Waals surface area contributed by atoms with Gasteiger partial charge < -0.3 is 4.98 Å². The Labute approximate surface area is 168 Å². The highest BCUT2D eigenvalue weighted by Gasteiger charge is 2.23. The van der Waals surface area contributed by atoms with Crippen molar-refractivity contribution in [3.05, 3.63) is 59.1 Å².